The Morgan fingerprint density at radius 1 is 1.36 bits per heavy atom. The normalized spacial score (nSPS) is 19.0. The zero-order valence-corrected chi connectivity index (χ0v) is 12.9. The molecule has 0 radical (unpaired) electrons. The maximum absolute atomic E-state index is 11.0. The van der Waals surface area contributed by atoms with Gasteiger partial charge in [-0.2, -0.15) is 5.10 Å². The van der Waals surface area contributed by atoms with Crippen LogP contribution in [0.2, 0.25) is 0 Å². The maximum atomic E-state index is 11.0. The van der Waals surface area contributed by atoms with Gasteiger partial charge in [0.05, 0.1) is 0 Å². The van der Waals surface area contributed by atoms with Gasteiger partial charge in [0.2, 0.25) is 5.91 Å². The number of hydrogen-bond acceptors (Lipinski definition) is 3. The van der Waals surface area contributed by atoms with Crippen molar-refractivity contribution in [1.29, 1.82) is 0 Å². The predicted octanol–water partition coefficient (Wildman–Crippen LogP) is 2.75. The molecule has 22 heavy (non-hydrogen) atoms. The lowest BCUT2D eigenvalue weighted by Crippen LogP contribution is -2.34. The lowest BCUT2D eigenvalue weighted by molar-refractivity contribution is -0.114. The van der Waals surface area contributed by atoms with Crippen LogP contribution in [0.4, 0.5) is 5.69 Å². The second kappa shape index (κ2) is 6.75. The average Bonchev–Trinajstić information content (AvgIpc) is 3.03. The number of nitrogens with one attached hydrogen (secondary N) is 2. The summed E-state index contributed by atoms with van der Waals surface area (Å²) in [6.45, 7) is 4.68. The molecule has 0 bridgehead atoms. The number of H-pyrrole nitrogens is 1. The van der Waals surface area contributed by atoms with E-state index in [2.05, 4.69) is 38.6 Å². The summed E-state index contributed by atoms with van der Waals surface area (Å²) in [5, 5.41) is 9.96. The lowest BCUT2D eigenvalue weighted by atomic mass is 9.94. The molecule has 2 aromatic rings. The van der Waals surface area contributed by atoms with Gasteiger partial charge in [-0.05, 0) is 43.1 Å². The number of carbonyl (C=O) groups is 1. The molecular formula is C17H22N4O. The fraction of sp³-hybridized carbons (Fsp3) is 0.412. The summed E-state index contributed by atoms with van der Waals surface area (Å²) in [7, 11) is 0. The van der Waals surface area contributed by atoms with Crippen LogP contribution >= 0.6 is 0 Å². The number of hydrogen-bond donors (Lipinski definition) is 2. The summed E-state index contributed by atoms with van der Waals surface area (Å²) in [6.07, 6.45) is 4.27. The summed E-state index contributed by atoms with van der Waals surface area (Å²) in [4.78, 5) is 13.5. The molecule has 5 heteroatoms. The number of aromatic amines is 1. The van der Waals surface area contributed by atoms with Gasteiger partial charge in [0.25, 0.3) is 0 Å². The Balaban J connectivity index is 1.59. The number of aromatic nitrogens is 2. The van der Waals surface area contributed by atoms with E-state index in [0.717, 1.165) is 25.3 Å². The second-order valence-electron chi connectivity index (χ2n) is 5.96. The fourth-order valence-electron chi connectivity index (χ4n) is 3.10. The molecule has 0 spiro atoms. The number of nitrogens with zero attached hydrogens (tertiary/aromatic N) is 2. The van der Waals surface area contributed by atoms with E-state index < -0.39 is 0 Å². The number of carbonyl (C=O) groups excluding carboxylic acids is 1. The van der Waals surface area contributed by atoms with Crippen LogP contribution in [0.5, 0.6) is 0 Å². The van der Waals surface area contributed by atoms with E-state index in [4.69, 9.17) is 0 Å². The summed E-state index contributed by atoms with van der Waals surface area (Å²) in [6, 6.07) is 10.2. The van der Waals surface area contributed by atoms with Crippen molar-refractivity contribution in [2.45, 2.75) is 32.2 Å². The van der Waals surface area contributed by atoms with E-state index in [-0.39, 0.29) is 5.91 Å². The quantitative estimate of drug-likeness (QED) is 0.912. The first-order valence-electron chi connectivity index (χ1n) is 7.79. The number of benzene rings is 1. The number of piperidine rings is 1. The minimum atomic E-state index is -0.0359. The Hall–Kier alpha value is -2.14. The Morgan fingerprint density at radius 2 is 2.18 bits per heavy atom. The molecule has 5 nitrogen and oxygen atoms in total. The Morgan fingerprint density at radius 3 is 2.86 bits per heavy atom. The van der Waals surface area contributed by atoms with Gasteiger partial charge in [-0.15, -0.1) is 0 Å². The van der Waals surface area contributed by atoms with Crippen molar-refractivity contribution < 1.29 is 4.79 Å². The van der Waals surface area contributed by atoms with E-state index in [0.29, 0.717) is 5.92 Å². The molecule has 1 amide bonds. The summed E-state index contributed by atoms with van der Waals surface area (Å²) >= 11 is 0. The third kappa shape index (κ3) is 3.74. The molecule has 1 atom stereocenters. The monoisotopic (exact) mass is 298 g/mol. The maximum Gasteiger partial charge on any atom is 0.221 e. The molecule has 1 aliphatic rings. The van der Waals surface area contributed by atoms with Gasteiger partial charge in [-0.25, -0.2) is 0 Å². The van der Waals surface area contributed by atoms with E-state index in [1.54, 1.807) is 0 Å². The Labute approximate surface area is 130 Å². The van der Waals surface area contributed by atoms with Crippen molar-refractivity contribution >= 4 is 11.6 Å². The first-order chi connectivity index (χ1) is 10.7. The van der Waals surface area contributed by atoms with Crippen molar-refractivity contribution in [1.82, 2.24) is 15.1 Å². The SMILES string of the molecule is CC(=O)Nc1ccc(CN2CCCC(c3ccn[nH]3)C2)cc1. The van der Waals surface area contributed by atoms with Crippen molar-refractivity contribution in [2.75, 3.05) is 18.4 Å². The summed E-state index contributed by atoms with van der Waals surface area (Å²) < 4.78 is 0. The average molecular weight is 298 g/mol. The molecule has 0 aliphatic carbocycles. The van der Waals surface area contributed by atoms with Crippen LogP contribution in [0.3, 0.4) is 0 Å². The van der Waals surface area contributed by atoms with Crippen LogP contribution in [0.1, 0.15) is 36.9 Å². The van der Waals surface area contributed by atoms with E-state index in [9.17, 15) is 4.79 Å². The highest BCUT2D eigenvalue weighted by Crippen LogP contribution is 2.26. The third-order valence-corrected chi connectivity index (χ3v) is 4.15. The first-order valence-corrected chi connectivity index (χ1v) is 7.79. The summed E-state index contributed by atoms with van der Waals surface area (Å²) in [5.41, 5.74) is 3.37. The van der Waals surface area contributed by atoms with E-state index >= 15 is 0 Å². The smallest absolute Gasteiger partial charge is 0.221 e. The summed E-state index contributed by atoms with van der Waals surface area (Å²) in [5.74, 6) is 0.515. The number of likely N-dealkylation sites (tertiary alicyclic amines) is 1. The molecule has 2 heterocycles. The molecule has 1 fully saturated rings. The van der Waals surface area contributed by atoms with Gasteiger partial charge in [0.1, 0.15) is 0 Å². The van der Waals surface area contributed by atoms with Gasteiger partial charge >= 0.3 is 0 Å². The minimum Gasteiger partial charge on any atom is -0.326 e. The topological polar surface area (TPSA) is 61.0 Å². The Bertz CT molecular complexity index is 606. The fourth-order valence-corrected chi connectivity index (χ4v) is 3.10. The van der Waals surface area contributed by atoms with Gasteiger partial charge in [-0.1, -0.05) is 12.1 Å². The first kappa shape index (κ1) is 14.8. The molecule has 116 valence electrons. The van der Waals surface area contributed by atoms with Crippen LogP contribution in [0.15, 0.2) is 36.5 Å². The number of anilines is 1. The van der Waals surface area contributed by atoms with Crippen LogP contribution < -0.4 is 5.32 Å². The van der Waals surface area contributed by atoms with Crippen molar-refractivity contribution in [3.63, 3.8) is 0 Å². The predicted molar refractivity (Wildman–Crippen MR) is 86.6 cm³/mol. The highest BCUT2D eigenvalue weighted by atomic mass is 16.1. The van der Waals surface area contributed by atoms with Crippen molar-refractivity contribution in [3.05, 3.63) is 47.8 Å². The molecule has 1 saturated heterocycles. The van der Waals surface area contributed by atoms with Gasteiger partial charge in [0, 0.05) is 43.5 Å². The minimum absolute atomic E-state index is 0.0359. The van der Waals surface area contributed by atoms with Gasteiger partial charge < -0.3 is 5.32 Å². The number of amides is 1. The highest BCUT2D eigenvalue weighted by Gasteiger charge is 2.22. The molecule has 1 aliphatic heterocycles. The largest absolute Gasteiger partial charge is 0.326 e. The number of rotatable bonds is 4. The molecule has 0 saturated carbocycles. The highest BCUT2D eigenvalue weighted by molar-refractivity contribution is 5.88. The van der Waals surface area contributed by atoms with E-state index in [1.807, 2.05) is 18.3 Å². The Kier molecular flexibility index (Phi) is 4.53. The zero-order valence-electron chi connectivity index (χ0n) is 12.9. The molecule has 1 aromatic heterocycles. The van der Waals surface area contributed by atoms with Crippen LogP contribution in [0, 0.1) is 0 Å². The lowest BCUT2D eigenvalue weighted by Gasteiger charge is -2.32. The molecule has 2 N–H and O–H groups in total. The van der Waals surface area contributed by atoms with Crippen LogP contribution in [0.25, 0.3) is 0 Å². The molecular weight excluding hydrogens is 276 g/mol. The van der Waals surface area contributed by atoms with Crippen LogP contribution in [-0.4, -0.2) is 34.1 Å². The van der Waals surface area contributed by atoms with E-state index in [1.165, 1.54) is 31.0 Å². The van der Waals surface area contributed by atoms with Crippen molar-refractivity contribution in [3.8, 4) is 0 Å². The molecule has 1 aromatic carbocycles. The molecule has 3 rings (SSSR count). The zero-order chi connectivity index (χ0) is 15.4. The molecule has 1 unspecified atom stereocenters. The van der Waals surface area contributed by atoms with Gasteiger partial charge in [0.15, 0.2) is 0 Å². The third-order valence-electron chi connectivity index (χ3n) is 4.15. The van der Waals surface area contributed by atoms with Crippen molar-refractivity contribution in [2.24, 2.45) is 0 Å². The van der Waals surface area contributed by atoms with Gasteiger partial charge in [-0.3, -0.25) is 14.8 Å². The van der Waals surface area contributed by atoms with Crippen LogP contribution in [-0.2, 0) is 11.3 Å². The standard InChI is InChI=1S/C17H22N4O/c1-13(22)19-16-6-4-14(5-7-16)11-21-10-2-3-15(12-21)17-8-9-18-20-17/h4-9,15H,2-3,10-12H2,1H3,(H,18,20)(H,19,22). The second-order valence-corrected chi connectivity index (χ2v) is 5.96.